The maximum absolute atomic E-state index is 3.48. The molecule has 2 fully saturated rings. The van der Waals surface area contributed by atoms with Crippen LogP contribution in [0.25, 0.3) is 0 Å². The molecule has 0 spiro atoms. The second-order valence-electron chi connectivity index (χ2n) is 4.10. The minimum absolute atomic E-state index is 1.00. The highest BCUT2D eigenvalue weighted by Crippen LogP contribution is 2.35. The molecule has 1 heterocycles. The van der Waals surface area contributed by atoms with Gasteiger partial charge in [-0.05, 0) is 43.7 Å². The summed E-state index contributed by atoms with van der Waals surface area (Å²) < 4.78 is 0. The van der Waals surface area contributed by atoms with Crippen LogP contribution in [0.2, 0.25) is 0 Å². The molecule has 0 radical (unpaired) electrons. The Balaban J connectivity index is 1.96. The molecular weight excluding hydrogens is 122 g/mol. The lowest BCUT2D eigenvalue weighted by atomic mass is 9.77. The first kappa shape index (κ1) is 6.66. The van der Waals surface area contributed by atoms with Gasteiger partial charge >= 0.3 is 0 Å². The van der Waals surface area contributed by atoms with Gasteiger partial charge in [-0.15, -0.1) is 0 Å². The molecule has 1 saturated carbocycles. The van der Waals surface area contributed by atoms with Crippen LogP contribution in [-0.2, 0) is 0 Å². The lowest BCUT2D eigenvalue weighted by molar-refractivity contribution is 0.238. The third-order valence-corrected chi connectivity index (χ3v) is 3.22. The van der Waals surface area contributed by atoms with Crippen LogP contribution in [0.15, 0.2) is 0 Å². The molecule has 58 valence electrons. The summed E-state index contributed by atoms with van der Waals surface area (Å²) in [7, 11) is 0. The number of hydrogen-bond acceptors (Lipinski definition) is 1. The van der Waals surface area contributed by atoms with Crippen molar-refractivity contribution in [3.63, 3.8) is 0 Å². The van der Waals surface area contributed by atoms with Crippen LogP contribution in [0.5, 0.6) is 0 Å². The molecule has 0 amide bonds. The lowest BCUT2D eigenvalue weighted by Gasteiger charge is -2.28. The lowest BCUT2D eigenvalue weighted by Crippen LogP contribution is -2.21. The van der Waals surface area contributed by atoms with E-state index < -0.39 is 0 Å². The first-order chi connectivity index (χ1) is 4.86. The summed E-state index contributed by atoms with van der Waals surface area (Å²) in [5, 5.41) is 3.48. The average Bonchev–Trinajstić information content (AvgIpc) is 2.33. The predicted octanol–water partition coefficient (Wildman–Crippen LogP) is 1.64. The average molecular weight is 139 g/mol. The van der Waals surface area contributed by atoms with E-state index in [-0.39, 0.29) is 0 Å². The summed E-state index contributed by atoms with van der Waals surface area (Å²) in [5.41, 5.74) is 0. The van der Waals surface area contributed by atoms with Crippen LogP contribution in [0.4, 0.5) is 0 Å². The molecule has 1 aliphatic carbocycles. The third-order valence-electron chi connectivity index (χ3n) is 3.22. The van der Waals surface area contributed by atoms with Gasteiger partial charge in [0.1, 0.15) is 0 Å². The van der Waals surface area contributed by atoms with E-state index in [0.29, 0.717) is 0 Å². The normalized spacial score (nSPS) is 47.1. The highest BCUT2D eigenvalue weighted by atomic mass is 14.9. The van der Waals surface area contributed by atoms with E-state index in [1.165, 1.54) is 32.4 Å². The summed E-state index contributed by atoms with van der Waals surface area (Å²) in [6, 6.07) is 0. The molecule has 1 N–H and O–H groups in total. The summed E-state index contributed by atoms with van der Waals surface area (Å²) in [4.78, 5) is 0. The Bertz CT molecular complexity index is 122. The van der Waals surface area contributed by atoms with E-state index >= 15 is 0 Å². The molecular formula is C9H17N. The Morgan fingerprint density at radius 3 is 2.80 bits per heavy atom. The minimum atomic E-state index is 1.00. The highest BCUT2D eigenvalue weighted by Gasteiger charge is 2.31. The van der Waals surface area contributed by atoms with Crippen molar-refractivity contribution in [2.24, 2.45) is 17.8 Å². The molecule has 0 aromatic carbocycles. The molecule has 1 aliphatic heterocycles. The van der Waals surface area contributed by atoms with Crippen LogP contribution in [0.3, 0.4) is 0 Å². The van der Waals surface area contributed by atoms with Gasteiger partial charge in [0, 0.05) is 0 Å². The van der Waals surface area contributed by atoms with Crippen LogP contribution in [-0.4, -0.2) is 13.1 Å². The number of nitrogens with one attached hydrogen (secondary N) is 1. The second-order valence-corrected chi connectivity index (χ2v) is 4.10. The molecule has 3 unspecified atom stereocenters. The summed E-state index contributed by atoms with van der Waals surface area (Å²) in [6.07, 6.45) is 4.44. The Hall–Kier alpha value is -0.0400. The smallest absolute Gasteiger partial charge is 0.00172 e. The van der Waals surface area contributed by atoms with Gasteiger partial charge in [0.25, 0.3) is 0 Å². The predicted molar refractivity (Wildman–Crippen MR) is 42.9 cm³/mol. The quantitative estimate of drug-likeness (QED) is 0.538. The third kappa shape index (κ3) is 1.07. The van der Waals surface area contributed by atoms with E-state index in [1.54, 1.807) is 0 Å². The van der Waals surface area contributed by atoms with Gasteiger partial charge in [0.2, 0.25) is 0 Å². The first-order valence-corrected chi connectivity index (χ1v) is 4.57. The van der Waals surface area contributed by atoms with Crippen molar-refractivity contribution < 1.29 is 0 Å². The summed E-state index contributed by atoms with van der Waals surface area (Å²) in [6.45, 7) is 5.00. The van der Waals surface area contributed by atoms with Crippen molar-refractivity contribution >= 4 is 0 Å². The zero-order valence-electron chi connectivity index (χ0n) is 6.77. The zero-order valence-corrected chi connectivity index (χ0v) is 6.77. The van der Waals surface area contributed by atoms with Crippen molar-refractivity contribution in [2.45, 2.75) is 26.2 Å². The largest absolute Gasteiger partial charge is 0.316 e. The molecule has 0 aromatic heterocycles. The fourth-order valence-electron chi connectivity index (χ4n) is 2.53. The van der Waals surface area contributed by atoms with Crippen molar-refractivity contribution in [1.29, 1.82) is 0 Å². The maximum Gasteiger partial charge on any atom is -0.00172 e. The maximum atomic E-state index is 3.48. The van der Waals surface area contributed by atoms with Gasteiger partial charge in [0.15, 0.2) is 0 Å². The van der Waals surface area contributed by atoms with E-state index in [9.17, 15) is 0 Å². The van der Waals surface area contributed by atoms with Crippen molar-refractivity contribution in [3.8, 4) is 0 Å². The fraction of sp³-hybridized carbons (Fsp3) is 1.00. The molecule has 1 heteroatoms. The second kappa shape index (κ2) is 2.54. The van der Waals surface area contributed by atoms with E-state index in [2.05, 4.69) is 12.2 Å². The Morgan fingerprint density at radius 2 is 1.90 bits per heavy atom. The topological polar surface area (TPSA) is 12.0 Å². The van der Waals surface area contributed by atoms with Crippen LogP contribution in [0.1, 0.15) is 26.2 Å². The van der Waals surface area contributed by atoms with Gasteiger partial charge in [-0.1, -0.05) is 13.3 Å². The summed E-state index contributed by atoms with van der Waals surface area (Å²) >= 11 is 0. The minimum Gasteiger partial charge on any atom is -0.316 e. The van der Waals surface area contributed by atoms with Gasteiger partial charge in [-0.25, -0.2) is 0 Å². The molecule has 2 rings (SSSR count). The molecule has 2 aliphatic rings. The molecule has 1 nitrogen and oxygen atoms in total. The summed E-state index contributed by atoms with van der Waals surface area (Å²) in [5.74, 6) is 3.07. The molecule has 3 atom stereocenters. The van der Waals surface area contributed by atoms with Gasteiger partial charge < -0.3 is 5.32 Å². The highest BCUT2D eigenvalue weighted by molar-refractivity contribution is 4.86. The molecule has 0 bridgehead atoms. The number of fused-ring (bicyclic) bond motifs is 1. The van der Waals surface area contributed by atoms with Crippen molar-refractivity contribution in [1.82, 2.24) is 5.32 Å². The van der Waals surface area contributed by atoms with Gasteiger partial charge in [0.05, 0.1) is 0 Å². The van der Waals surface area contributed by atoms with E-state index in [0.717, 1.165) is 17.8 Å². The monoisotopic (exact) mass is 139 g/mol. The van der Waals surface area contributed by atoms with Gasteiger partial charge in [-0.2, -0.15) is 0 Å². The SMILES string of the molecule is CC1CCC2CNCC2C1. The number of rotatable bonds is 0. The molecule has 0 aromatic rings. The standard InChI is InChI=1S/C9H17N/c1-7-2-3-8-5-10-6-9(8)4-7/h7-10H,2-6H2,1H3. The van der Waals surface area contributed by atoms with Crippen molar-refractivity contribution in [2.75, 3.05) is 13.1 Å². The zero-order chi connectivity index (χ0) is 6.97. The molecule has 1 saturated heterocycles. The van der Waals surface area contributed by atoms with E-state index in [4.69, 9.17) is 0 Å². The molecule has 10 heavy (non-hydrogen) atoms. The first-order valence-electron chi connectivity index (χ1n) is 4.57. The van der Waals surface area contributed by atoms with Gasteiger partial charge in [-0.3, -0.25) is 0 Å². The Labute approximate surface area is 63.2 Å². The van der Waals surface area contributed by atoms with Crippen LogP contribution >= 0.6 is 0 Å². The van der Waals surface area contributed by atoms with Crippen LogP contribution in [0, 0.1) is 17.8 Å². The van der Waals surface area contributed by atoms with E-state index in [1.807, 2.05) is 0 Å². The Morgan fingerprint density at radius 1 is 1.10 bits per heavy atom. The fourth-order valence-corrected chi connectivity index (χ4v) is 2.53. The van der Waals surface area contributed by atoms with Crippen molar-refractivity contribution in [3.05, 3.63) is 0 Å². The Kier molecular flexibility index (Phi) is 1.69. The van der Waals surface area contributed by atoms with Crippen LogP contribution < -0.4 is 5.32 Å². The number of hydrogen-bond donors (Lipinski definition) is 1.